The Bertz CT molecular complexity index is 517. The summed E-state index contributed by atoms with van der Waals surface area (Å²) in [6.45, 7) is 9.21. The third kappa shape index (κ3) is 6.56. The molecule has 0 spiro atoms. The highest BCUT2D eigenvalue weighted by Gasteiger charge is 2.09. The Hall–Kier alpha value is -2.36. The molecular formula is C17H20O4. The minimum absolute atomic E-state index is 0.226. The molecule has 4 nitrogen and oxygen atoms in total. The van der Waals surface area contributed by atoms with Gasteiger partial charge in [-0.25, -0.2) is 9.59 Å². The average molecular weight is 288 g/mol. The molecule has 0 atom stereocenters. The van der Waals surface area contributed by atoms with E-state index in [-0.39, 0.29) is 13.2 Å². The Labute approximate surface area is 125 Å². The summed E-state index contributed by atoms with van der Waals surface area (Å²) in [6, 6.07) is 9.43. The van der Waals surface area contributed by atoms with Crippen molar-refractivity contribution in [3.8, 4) is 0 Å². The van der Waals surface area contributed by atoms with Gasteiger partial charge in [-0.2, -0.15) is 0 Å². The van der Waals surface area contributed by atoms with Crippen LogP contribution in [0.5, 0.6) is 0 Å². The van der Waals surface area contributed by atoms with E-state index >= 15 is 0 Å². The molecule has 1 aromatic carbocycles. The third-order valence-corrected chi connectivity index (χ3v) is 2.71. The van der Waals surface area contributed by atoms with Gasteiger partial charge in [0.25, 0.3) is 0 Å². The fraction of sp³-hybridized carbons (Fsp3) is 0.294. The molecule has 0 aliphatic carbocycles. The quantitative estimate of drug-likeness (QED) is 0.419. The maximum Gasteiger partial charge on any atom is 0.333 e. The Kier molecular flexibility index (Phi) is 6.95. The highest BCUT2D eigenvalue weighted by atomic mass is 16.5. The molecule has 0 saturated carbocycles. The van der Waals surface area contributed by atoms with Crippen molar-refractivity contribution in [1.29, 1.82) is 0 Å². The molecule has 0 bridgehead atoms. The number of rotatable bonds is 8. The molecule has 0 aliphatic rings. The maximum absolute atomic E-state index is 11.7. The summed E-state index contributed by atoms with van der Waals surface area (Å²) in [5.41, 5.74) is 1.66. The van der Waals surface area contributed by atoms with Gasteiger partial charge < -0.3 is 9.47 Å². The van der Waals surface area contributed by atoms with Crippen LogP contribution in [-0.4, -0.2) is 18.5 Å². The maximum atomic E-state index is 11.7. The number of hydrogen-bond donors (Lipinski definition) is 0. The van der Waals surface area contributed by atoms with Crippen LogP contribution in [0, 0.1) is 0 Å². The number of hydrogen-bond acceptors (Lipinski definition) is 4. The van der Waals surface area contributed by atoms with E-state index in [1.165, 1.54) is 0 Å². The predicted octanol–water partition coefficient (Wildman–Crippen LogP) is 3.19. The molecule has 21 heavy (non-hydrogen) atoms. The van der Waals surface area contributed by atoms with Crippen LogP contribution >= 0.6 is 0 Å². The summed E-state index contributed by atoms with van der Waals surface area (Å²) in [4.78, 5) is 22.9. The standard InChI is InChI=1S/C17H20O4/c1-13(2)16(18)20-11-7-8-14(3)17(19)21-12-15-9-5-4-6-10-15/h4-6,9-10H,1,3,7-8,11-12H2,2H3. The van der Waals surface area contributed by atoms with Crippen molar-refractivity contribution in [2.45, 2.75) is 26.4 Å². The van der Waals surface area contributed by atoms with Crippen LogP contribution in [0.15, 0.2) is 54.6 Å². The summed E-state index contributed by atoms with van der Waals surface area (Å²) < 4.78 is 10.1. The zero-order chi connectivity index (χ0) is 15.7. The minimum atomic E-state index is -0.426. The van der Waals surface area contributed by atoms with Crippen molar-refractivity contribution < 1.29 is 19.1 Å². The first-order valence-corrected chi connectivity index (χ1v) is 6.72. The summed E-state index contributed by atoms with van der Waals surface area (Å²) in [7, 11) is 0. The molecule has 0 N–H and O–H groups in total. The van der Waals surface area contributed by atoms with Crippen molar-refractivity contribution >= 4 is 11.9 Å². The average Bonchev–Trinajstić information content (AvgIpc) is 2.49. The molecule has 0 aromatic heterocycles. The van der Waals surface area contributed by atoms with Gasteiger partial charge in [-0.1, -0.05) is 43.5 Å². The zero-order valence-corrected chi connectivity index (χ0v) is 12.3. The summed E-state index contributed by atoms with van der Waals surface area (Å²) >= 11 is 0. The van der Waals surface area contributed by atoms with E-state index in [1.807, 2.05) is 30.3 Å². The lowest BCUT2D eigenvalue weighted by molar-refractivity contribution is -0.140. The second-order valence-electron chi connectivity index (χ2n) is 4.69. The first-order chi connectivity index (χ1) is 10.0. The van der Waals surface area contributed by atoms with Gasteiger partial charge in [0.05, 0.1) is 6.61 Å². The zero-order valence-electron chi connectivity index (χ0n) is 12.3. The van der Waals surface area contributed by atoms with E-state index in [2.05, 4.69) is 13.2 Å². The lowest BCUT2D eigenvalue weighted by atomic mass is 10.2. The van der Waals surface area contributed by atoms with Gasteiger partial charge in [-0.3, -0.25) is 0 Å². The fourth-order valence-electron chi connectivity index (χ4n) is 1.50. The Morgan fingerprint density at radius 3 is 2.33 bits per heavy atom. The molecule has 0 unspecified atom stereocenters. The van der Waals surface area contributed by atoms with Crippen LogP contribution in [-0.2, 0) is 25.7 Å². The van der Waals surface area contributed by atoms with Gasteiger partial charge in [0.2, 0.25) is 0 Å². The molecule has 4 heteroatoms. The van der Waals surface area contributed by atoms with Crippen LogP contribution < -0.4 is 0 Å². The van der Waals surface area contributed by atoms with Gasteiger partial charge in [0.1, 0.15) is 6.61 Å². The van der Waals surface area contributed by atoms with Crippen molar-refractivity contribution in [3.63, 3.8) is 0 Å². The van der Waals surface area contributed by atoms with Crippen LogP contribution in [0.25, 0.3) is 0 Å². The number of carbonyl (C=O) groups is 2. The highest BCUT2D eigenvalue weighted by molar-refractivity contribution is 5.88. The van der Waals surface area contributed by atoms with E-state index in [0.717, 1.165) is 5.56 Å². The number of ether oxygens (including phenoxy) is 2. The summed E-state index contributed by atoms with van der Waals surface area (Å²) in [5, 5.41) is 0. The summed E-state index contributed by atoms with van der Waals surface area (Å²) in [6.07, 6.45) is 0.954. The third-order valence-electron chi connectivity index (χ3n) is 2.71. The lowest BCUT2D eigenvalue weighted by Crippen LogP contribution is -2.10. The molecule has 0 heterocycles. The van der Waals surface area contributed by atoms with Crippen LogP contribution in [0.2, 0.25) is 0 Å². The topological polar surface area (TPSA) is 52.6 Å². The molecule has 0 aliphatic heterocycles. The van der Waals surface area contributed by atoms with E-state index in [4.69, 9.17) is 9.47 Å². The molecule has 0 amide bonds. The van der Waals surface area contributed by atoms with Crippen molar-refractivity contribution in [2.75, 3.05) is 6.61 Å². The van der Waals surface area contributed by atoms with E-state index in [1.54, 1.807) is 6.92 Å². The van der Waals surface area contributed by atoms with Gasteiger partial charge >= 0.3 is 11.9 Å². The van der Waals surface area contributed by atoms with E-state index < -0.39 is 11.9 Å². The van der Waals surface area contributed by atoms with Gasteiger partial charge in [0.15, 0.2) is 0 Å². The normalized spacial score (nSPS) is 9.76. The first-order valence-electron chi connectivity index (χ1n) is 6.72. The fourth-order valence-corrected chi connectivity index (χ4v) is 1.50. The predicted molar refractivity (Wildman–Crippen MR) is 80.4 cm³/mol. The van der Waals surface area contributed by atoms with Crippen molar-refractivity contribution in [3.05, 3.63) is 60.2 Å². The second-order valence-corrected chi connectivity index (χ2v) is 4.69. The highest BCUT2D eigenvalue weighted by Crippen LogP contribution is 2.08. The van der Waals surface area contributed by atoms with Crippen LogP contribution in [0.3, 0.4) is 0 Å². The number of benzene rings is 1. The lowest BCUT2D eigenvalue weighted by Gasteiger charge is -2.08. The number of esters is 2. The molecule has 0 saturated heterocycles. The minimum Gasteiger partial charge on any atom is -0.462 e. The SMILES string of the molecule is C=C(C)C(=O)OCCCC(=C)C(=O)OCc1ccccc1. The monoisotopic (exact) mass is 288 g/mol. The largest absolute Gasteiger partial charge is 0.462 e. The van der Waals surface area contributed by atoms with Crippen molar-refractivity contribution in [2.24, 2.45) is 0 Å². The first kappa shape index (κ1) is 16.7. The smallest absolute Gasteiger partial charge is 0.333 e. The Balaban J connectivity index is 2.21. The van der Waals surface area contributed by atoms with E-state index in [0.29, 0.717) is 24.0 Å². The van der Waals surface area contributed by atoms with Crippen LogP contribution in [0.1, 0.15) is 25.3 Å². The van der Waals surface area contributed by atoms with Gasteiger partial charge in [-0.15, -0.1) is 0 Å². The molecule has 112 valence electrons. The van der Waals surface area contributed by atoms with Gasteiger partial charge in [-0.05, 0) is 25.3 Å². The molecule has 0 radical (unpaired) electrons. The number of carbonyl (C=O) groups excluding carboxylic acids is 2. The van der Waals surface area contributed by atoms with E-state index in [9.17, 15) is 9.59 Å². The summed E-state index contributed by atoms with van der Waals surface area (Å²) in [5.74, 6) is -0.850. The molecular weight excluding hydrogens is 268 g/mol. The van der Waals surface area contributed by atoms with Gasteiger partial charge in [0, 0.05) is 11.1 Å². The van der Waals surface area contributed by atoms with Crippen molar-refractivity contribution in [1.82, 2.24) is 0 Å². The molecule has 1 aromatic rings. The Morgan fingerprint density at radius 1 is 1.05 bits per heavy atom. The molecule has 1 rings (SSSR count). The Morgan fingerprint density at radius 2 is 1.71 bits per heavy atom. The molecule has 0 fully saturated rings. The van der Waals surface area contributed by atoms with Crippen LogP contribution in [0.4, 0.5) is 0 Å². The second kappa shape index (κ2) is 8.74.